The number of aliphatic hydroxyl groups is 1. The van der Waals surface area contributed by atoms with Crippen molar-refractivity contribution in [2.24, 2.45) is 0 Å². The summed E-state index contributed by atoms with van der Waals surface area (Å²) in [7, 11) is 3.95. The Morgan fingerprint density at radius 1 is 1.50 bits per heavy atom. The van der Waals surface area contributed by atoms with E-state index in [2.05, 4.69) is 12.2 Å². The monoisotopic (exact) mass is 172 g/mol. The highest BCUT2D eigenvalue weighted by atomic mass is 16.3. The van der Waals surface area contributed by atoms with Gasteiger partial charge in [-0.15, -0.1) is 0 Å². The summed E-state index contributed by atoms with van der Waals surface area (Å²) in [6.45, 7) is 3.66. The van der Waals surface area contributed by atoms with E-state index in [1.807, 2.05) is 19.0 Å². The van der Waals surface area contributed by atoms with Gasteiger partial charge in [0.1, 0.15) is 0 Å². The largest absolute Gasteiger partial charge is 0.390 e. The Labute approximate surface area is 74.8 Å². The second-order valence-electron chi connectivity index (χ2n) is 4.36. The topological polar surface area (TPSA) is 35.5 Å². The molecule has 0 heterocycles. The van der Waals surface area contributed by atoms with Crippen LogP contribution in [0, 0.1) is 0 Å². The minimum Gasteiger partial charge on any atom is -0.390 e. The Bertz CT molecular complexity index is 143. The van der Waals surface area contributed by atoms with E-state index < -0.39 is 0 Å². The molecule has 12 heavy (non-hydrogen) atoms. The van der Waals surface area contributed by atoms with E-state index in [4.69, 9.17) is 0 Å². The summed E-state index contributed by atoms with van der Waals surface area (Å²) < 4.78 is 0. The zero-order chi connectivity index (χ0) is 9.19. The molecule has 0 bridgehead atoms. The lowest BCUT2D eigenvalue weighted by molar-refractivity contribution is 0.131. The maximum atomic E-state index is 9.51. The van der Waals surface area contributed by atoms with Gasteiger partial charge in [0.05, 0.1) is 6.10 Å². The van der Waals surface area contributed by atoms with E-state index in [-0.39, 0.29) is 6.10 Å². The van der Waals surface area contributed by atoms with Gasteiger partial charge in [-0.2, -0.15) is 0 Å². The minimum absolute atomic E-state index is 0.238. The first-order valence-electron chi connectivity index (χ1n) is 4.60. The smallest absolute Gasteiger partial charge is 0.0791 e. The predicted molar refractivity (Wildman–Crippen MR) is 50.2 cm³/mol. The predicted octanol–water partition coefficient (Wildman–Crippen LogP) is 0.0510. The molecule has 0 aromatic heterocycles. The highest BCUT2D eigenvalue weighted by Gasteiger charge is 2.36. The first-order valence-corrected chi connectivity index (χ1v) is 4.60. The number of aliphatic hydroxyl groups excluding tert-OH is 1. The van der Waals surface area contributed by atoms with Crippen molar-refractivity contribution in [3.05, 3.63) is 0 Å². The van der Waals surface area contributed by atoms with E-state index in [0.717, 1.165) is 6.54 Å². The van der Waals surface area contributed by atoms with E-state index in [9.17, 15) is 5.11 Å². The number of rotatable bonds is 5. The van der Waals surface area contributed by atoms with Crippen LogP contribution in [-0.2, 0) is 0 Å². The van der Waals surface area contributed by atoms with Crippen LogP contribution in [-0.4, -0.2) is 48.8 Å². The van der Waals surface area contributed by atoms with Crippen LogP contribution in [0.3, 0.4) is 0 Å². The van der Waals surface area contributed by atoms with E-state index in [1.165, 1.54) is 12.8 Å². The lowest BCUT2D eigenvalue weighted by atomic mass is 10.2. The number of hydrogen-bond donors (Lipinski definition) is 2. The third-order valence-electron chi connectivity index (χ3n) is 2.34. The van der Waals surface area contributed by atoms with E-state index in [1.54, 1.807) is 0 Å². The van der Waals surface area contributed by atoms with Gasteiger partial charge in [-0.3, -0.25) is 0 Å². The summed E-state index contributed by atoms with van der Waals surface area (Å²) in [6.07, 6.45) is 2.26. The average molecular weight is 172 g/mol. The minimum atomic E-state index is -0.238. The molecular formula is C9H20N2O. The van der Waals surface area contributed by atoms with E-state index >= 15 is 0 Å². The first-order chi connectivity index (χ1) is 5.52. The second-order valence-corrected chi connectivity index (χ2v) is 4.36. The van der Waals surface area contributed by atoms with Gasteiger partial charge in [0, 0.05) is 18.6 Å². The molecule has 2 N–H and O–H groups in total. The van der Waals surface area contributed by atoms with Crippen molar-refractivity contribution >= 4 is 0 Å². The Morgan fingerprint density at radius 2 is 2.08 bits per heavy atom. The molecule has 0 radical (unpaired) electrons. The molecule has 1 saturated carbocycles. The zero-order valence-electron chi connectivity index (χ0n) is 8.30. The summed E-state index contributed by atoms with van der Waals surface area (Å²) >= 11 is 0. The number of β-amino-alcohol motifs (C(OH)–C–C–N with tert-alkyl or cyclic N) is 1. The van der Waals surface area contributed by atoms with E-state index in [0.29, 0.717) is 12.1 Å². The first kappa shape index (κ1) is 9.96. The third-order valence-corrected chi connectivity index (χ3v) is 2.34. The summed E-state index contributed by atoms with van der Waals surface area (Å²) in [5, 5.41) is 12.9. The van der Waals surface area contributed by atoms with Crippen LogP contribution in [0.5, 0.6) is 0 Å². The highest BCUT2D eigenvalue weighted by Crippen LogP contribution is 2.33. The second kappa shape index (κ2) is 3.73. The Kier molecular flexibility index (Phi) is 3.09. The molecule has 1 unspecified atom stereocenters. The fourth-order valence-electron chi connectivity index (χ4n) is 1.21. The molecule has 1 aliphatic rings. The van der Waals surface area contributed by atoms with Gasteiger partial charge in [-0.1, -0.05) is 0 Å². The Balaban J connectivity index is 2.06. The van der Waals surface area contributed by atoms with Crippen molar-refractivity contribution in [3.63, 3.8) is 0 Å². The summed E-state index contributed by atoms with van der Waals surface area (Å²) in [4.78, 5) is 2.00. The van der Waals surface area contributed by atoms with Crippen molar-refractivity contribution in [2.75, 3.05) is 27.2 Å². The molecule has 1 fully saturated rings. The lowest BCUT2D eigenvalue weighted by Crippen LogP contribution is -2.39. The van der Waals surface area contributed by atoms with Crippen LogP contribution in [0.2, 0.25) is 0 Å². The van der Waals surface area contributed by atoms with Crippen molar-refractivity contribution in [1.82, 2.24) is 10.2 Å². The van der Waals surface area contributed by atoms with Gasteiger partial charge in [-0.25, -0.2) is 0 Å². The molecule has 1 atom stereocenters. The molecule has 0 saturated heterocycles. The zero-order valence-corrected chi connectivity index (χ0v) is 8.30. The molecule has 1 aliphatic carbocycles. The van der Waals surface area contributed by atoms with Crippen molar-refractivity contribution < 1.29 is 5.11 Å². The molecule has 0 amide bonds. The third kappa shape index (κ3) is 3.52. The molecule has 72 valence electrons. The Morgan fingerprint density at radius 3 is 2.50 bits per heavy atom. The molecule has 3 nitrogen and oxygen atoms in total. The molecule has 0 aromatic rings. The van der Waals surface area contributed by atoms with Crippen LogP contribution in [0.4, 0.5) is 0 Å². The quantitative estimate of drug-likeness (QED) is 0.615. The number of likely N-dealkylation sites (N-methyl/N-ethyl adjacent to an activating group) is 1. The van der Waals surface area contributed by atoms with Crippen molar-refractivity contribution in [2.45, 2.75) is 31.4 Å². The SMILES string of the molecule is CN(C)CC(O)CNC1(C)CC1. The van der Waals surface area contributed by atoms with Crippen LogP contribution >= 0.6 is 0 Å². The molecule has 1 rings (SSSR count). The van der Waals surface area contributed by atoms with Gasteiger partial charge in [0.2, 0.25) is 0 Å². The number of hydrogen-bond acceptors (Lipinski definition) is 3. The average Bonchev–Trinajstić information content (AvgIpc) is 2.64. The normalized spacial score (nSPS) is 22.8. The van der Waals surface area contributed by atoms with Gasteiger partial charge in [0.15, 0.2) is 0 Å². The lowest BCUT2D eigenvalue weighted by Gasteiger charge is -2.18. The molecular weight excluding hydrogens is 152 g/mol. The fraction of sp³-hybridized carbons (Fsp3) is 1.00. The summed E-state index contributed by atoms with van der Waals surface area (Å²) in [5.74, 6) is 0. The molecule has 0 aliphatic heterocycles. The van der Waals surface area contributed by atoms with Crippen LogP contribution < -0.4 is 5.32 Å². The van der Waals surface area contributed by atoms with Gasteiger partial charge >= 0.3 is 0 Å². The van der Waals surface area contributed by atoms with Crippen molar-refractivity contribution in [1.29, 1.82) is 0 Å². The van der Waals surface area contributed by atoms with Crippen LogP contribution in [0.15, 0.2) is 0 Å². The van der Waals surface area contributed by atoms with Gasteiger partial charge < -0.3 is 15.3 Å². The summed E-state index contributed by atoms with van der Waals surface area (Å²) in [6, 6.07) is 0. The van der Waals surface area contributed by atoms with Crippen LogP contribution in [0.25, 0.3) is 0 Å². The number of nitrogens with one attached hydrogen (secondary N) is 1. The maximum absolute atomic E-state index is 9.51. The summed E-state index contributed by atoms with van der Waals surface area (Å²) in [5.41, 5.74) is 0.341. The Hall–Kier alpha value is -0.120. The maximum Gasteiger partial charge on any atom is 0.0791 e. The number of nitrogens with zero attached hydrogens (tertiary/aromatic N) is 1. The van der Waals surface area contributed by atoms with Gasteiger partial charge in [-0.05, 0) is 33.9 Å². The van der Waals surface area contributed by atoms with Crippen LogP contribution in [0.1, 0.15) is 19.8 Å². The molecule has 3 heteroatoms. The standard InChI is InChI=1S/C9H20N2O/c1-9(4-5-9)10-6-8(12)7-11(2)3/h8,10,12H,4-7H2,1-3H3. The molecule has 0 spiro atoms. The fourth-order valence-corrected chi connectivity index (χ4v) is 1.21. The highest BCUT2D eigenvalue weighted by molar-refractivity contribution is 4.97. The van der Waals surface area contributed by atoms with Gasteiger partial charge in [0.25, 0.3) is 0 Å². The molecule has 0 aromatic carbocycles. The van der Waals surface area contributed by atoms with Crippen molar-refractivity contribution in [3.8, 4) is 0 Å².